The SMILES string of the molecule is CC(c1ccccc1)n1nc(C(C)(C)C)c2c1CCCC2N. The van der Waals surface area contributed by atoms with Crippen LogP contribution in [0.1, 0.15) is 75.1 Å². The van der Waals surface area contributed by atoms with Crippen molar-refractivity contribution in [3.8, 4) is 0 Å². The number of benzene rings is 1. The molecule has 118 valence electrons. The highest BCUT2D eigenvalue weighted by Gasteiger charge is 2.32. The molecule has 1 heterocycles. The minimum atomic E-state index is 0.0285. The lowest BCUT2D eigenvalue weighted by molar-refractivity contribution is 0.493. The van der Waals surface area contributed by atoms with Gasteiger partial charge in [0, 0.05) is 22.7 Å². The Hall–Kier alpha value is -1.61. The van der Waals surface area contributed by atoms with E-state index in [1.807, 2.05) is 0 Å². The Bertz CT molecular complexity index is 649. The molecule has 0 radical (unpaired) electrons. The molecule has 3 rings (SSSR count). The molecule has 0 fully saturated rings. The molecule has 3 nitrogen and oxygen atoms in total. The quantitative estimate of drug-likeness (QED) is 0.906. The lowest BCUT2D eigenvalue weighted by atomic mass is 9.82. The third-order valence-electron chi connectivity index (χ3n) is 4.71. The number of nitrogens with zero attached hydrogens (tertiary/aromatic N) is 2. The standard InChI is InChI=1S/C19H27N3/c1-13(14-9-6-5-7-10-14)22-16-12-8-11-15(20)17(16)18(21-22)19(2,3)4/h5-7,9-10,13,15H,8,11-12,20H2,1-4H3. The second-order valence-corrected chi connectivity index (χ2v) is 7.49. The van der Waals surface area contributed by atoms with Gasteiger partial charge in [-0.2, -0.15) is 5.10 Å². The van der Waals surface area contributed by atoms with Gasteiger partial charge in [-0.15, -0.1) is 0 Å². The van der Waals surface area contributed by atoms with E-state index in [0.717, 1.165) is 19.3 Å². The molecule has 2 atom stereocenters. The van der Waals surface area contributed by atoms with Crippen LogP contribution in [-0.2, 0) is 11.8 Å². The molecule has 1 aromatic heterocycles. The molecule has 2 N–H and O–H groups in total. The molecular formula is C19H27N3. The van der Waals surface area contributed by atoms with Gasteiger partial charge in [0.1, 0.15) is 0 Å². The van der Waals surface area contributed by atoms with Crippen LogP contribution in [0.15, 0.2) is 30.3 Å². The zero-order valence-electron chi connectivity index (χ0n) is 14.1. The van der Waals surface area contributed by atoms with Crippen molar-refractivity contribution in [2.45, 2.75) is 64.5 Å². The van der Waals surface area contributed by atoms with Gasteiger partial charge in [0.2, 0.25) is 0 Å². The van der Waals surface area contributed by atoms with E-state index in [4.69, 9.17) is 10.8 Å². The summed E-state index contributed by atoms with van der Waals surface area (Å²) < 4.78 is 2.23. The Kier molecular flexibility index (Phi) is 3.85. The lowest BCUT2D eigenvalue weighted by Crippen LogP contribution is -2.23. The van der Waals surface area contributed by atoms with Gasteiger partial charge in [0.15, 0.2) is 0 Å². The monoisotopic (exact) mass is 297 g/mol. The zero-order chi connectivity index (χ0) is 15.9. The van der Waals surface area contributed by atoms with E-state index in [2.05, 4.69) is 62.7 Å². The van der Waals surface area contributed by atoms with E-state index in [1.165, 1.54) is 22.5 Å². The van der Waals surface area contributed by atoms with Crippen LogP contribution in [0.4, 0.5) is 0 Å². The number of hydrogen-bond donors (Lipinski definition) is 1. The van der Waals surface area contributed by atoms with Gasteiger partial charge in [-0.1, -0.05) is 51.1 Å². The van der Waals surface area contributed by atoms with Crippen LogP contribution in [-0.4, -0.2) is 9.78 Å². The first kappa shape index (κ1) is 15.3. The summed E-state index contributed by atoms with van der Waals surface area (Å²) >= 11 is 0. The number of aromatic nitrogens is 2. The van der Waals surface area contributed by atoms with Gasteiger partial charge in [0.25, 0.3) is 0 Å². The van der Waals surface area contributed by atoms with Crippen LogP contribution in [0.5, 0.6) is 0 Å². The van der Waals surface area contributed by atoms with Crippen molar-refractivity contribution in [3.05, 3.63) is 52.8 Å². The van der Waals surface area contributed by atoms with Crippen LogP contribution in [0.2, 0.25) is 0 Å². The van der Waals surface area contributed by atoms with Crippen LogP contribution < -0.4 is 5.73 Å². The summed E-state index contributed by atoms with van der Waals surface area (Å²) in [6.45, 7) is 8.92. The molecule has 3 heteroatoms. The largest absolute Gasteiger partial charge is 0.324 e. The second-order valence-electron chi connectivity index (χ2n) is 7.49. The molecule has 0 bridgehead atoms. The molecule has 0 saturated heterocycles. The number of fused-ring (bicyclic) bond motifs is 1. The Balaban J connectivity index is 2.13. The van der Waals surface area contributed by atoms with E-state index < -0.39 is 0 Å². The fourth-order valence-corrected chi connectivity index (χ4v) is 3.50. The Morgan fingerprint density at radius 1 is 1.23 bits per heavy atom. The summed E-state index contributed by atoms with van der Waals surface area (Å²) in [5, 5.41) is 5.03. The van der Waals surface area contributed by atoms with E-state index in [1.54, 1.807) is 0 Å². The average Bonchev–Trinajstić information content (AvgIpc) is 2.88. The summed E-state index contributed by atoms with van der Waals surface area (Å²) in [4.78, 5) is 0. The average molecular weight is 297 g/mol. The smallest absolute Gasteiger partial charge is 0.0743 e. The van der Waals surface area contributed by atoms with Gasteiger partial charge < -0.3 is 5.73 Å². The minimum Gasteiger partial charge on any atom is -0.324 e. The number of rotatable bonds is 2. The van der Waals surface area contributed by atoms with Crippen LogP contribution >= 0.6 is 0 Å². The molecule has 0 amide bonds. The molecule has 0 spiro atoms. The fraction of sp³-hybridized carbons (Fsp3) is 0.526. The van der Waals surface area contributed by atoms with Gasteiger partial charge >= 0.3 is 0 Å². The van der Waals surface area contributed by atoms with Crippen molar-refractivity contribution in [1.29, 1.82) is 0 Å². The second kappa shape index (κ2) is 5.54. The molecule has 1 aliphatic carbocycles. The molecule has 2 aromatic rings. The molecule has 2 unspecified atom stereocenters. The van der Waals surface area contributed by atoms with Crippen LogP contribution in [0.3, 0.4) is 0 Å². The maximum atomic E-state index is 6.44. The van der Waals surface area contributed by atoms with Crippen LogP contribution in [0, 0.1) is 0 Å². The summed E-state index contributed by atoms with van der Waals surface area (Å²) in [6, 6.07) is 11.0. The minimum absolute atomic E-state index is 0.0285. The highest BCUT2D eigenvalue weighted by Crippen LogP contribution is 2.38. The first-order valence-electron chi connectivity index (χ1n) is 8.32. The molecule has 22 heavy (non-hydrogen) atoms. The highest BCUT2D eigenvalue weighted by molar-refractivity contribution is 5.37. The van der Waals surface area contributed by atoms with E-state index in [0.29, 0.717) is 0 Å². The first-order valence-corrected chi connectivity index (χ1v) is 8.32. The maximum Gasteiger partial charge on any atom is 0.0743 e. The van der Waals surface area contributed by atoms with Crippen molar-refractivity contribution in [3.63, 3.8) is 0 Å². The Labute approximate surface area is 133 Å². The van der Waals surface area contributed by atoms with Crippen molar-refractivity contribution < 1.29 is 0 Å². The third-order valence-corrected chi connectivity index (χ3v) is 4.71. The zero-order valence-corrected chi connectivity index (χ0v) is 14.1. The summed E-state index contributed by atoms with van der Waals surface area (Å²) in [5.41, 5.74) is 11.6. The van der Waals surface area contributed by atoms with Crippen molar-refractivity contribution in [1.82, 2.24) is 9.78 Å². The lowest BCUT2D eigenvalue weighted by Gasteiger charge is -2.25. The molecule has 0 saturated carbocycles. The van der Waals surface area contributed by atoms with Gasteiger partial charge in [0.05, 0.1) is 11.7 Å². The topological polar surface area (TPSA) is 43.8 Å². The van der Waals surface area contributed by atoms with Crippen LogP contribution in [0.25, 0.3) is 0 Å². The predicted molar refractivity (Wildman–Crippen MR) is 91.0 cm³/mol. The molecular weight excluding hydrogens is 270 g/mol. The predicted octanol–water partition coefficient (Wildman–Crippen LogP) is 4.13. The number of nitrogens with two attached hydrogens (primary N) is 1. The molecule has 0 aliphatic heterocycles. The summed E-state index contributed by atoms with van der Waals surface area (Å²) in [7, 11) is 0. The van der Waals surface area contributed by atoms with E-state index >= 15 is 0 Å². The van der Waals surface area contributed by atoms with E-state index in [9.17, 15) is 0 Å². The van der Waals surface area contributed by atoms with Crippen molar-refractivity contribution in [2.24, 2.45) is 5.73 Å². The van der Waals surface area contributed by atoms with E-state index in [-0.39, 0.29) is 17.5 Å². The molecule has 1 aliphatic rings. The molecule has 1 aromatic carbocycles. The fourth-order valence-electron chi connectivity index (χ4n) is 3.50. The maximum absolute atomic E-state index is 6.44. The van der Waals surface area contributed by atoms with Crippen molar-refractivity contribution >= 4 is 0 Å². The summed E-state index contributed by atoms with van der Waals surface area (Å²) in [6.07, 6.45) is 3.32. The highest BCUT2D eigenvalue weighted by atomic mass is 15.3. The third kappa shape index (κ3) is 2.58. The Morgan fingerprint density at radius 2 is 1.91 bits per heavy atom. The van der Waals surface area contributed by atoms with Gasteiger partial charge in [-0.3, -0.25) is 4.68 Å². The number of hydrogen-bond acceptors (Lipinski definition) is 2. The van der Waals surface area contributed by atoms with Gasteiger partial charge in [-0.05, 0) is 31.7 Å². The first-order chi connectivity index (χ1) is 10.4. The van der Waals surface area contributed by atoms with Crippen molar-refractivity contribution in [2.75, 3.05) is 0 Å². The Morgan fingerprint density at radius 3 is 2.55 bits per heavy atom. The van der Waals surface area contributed by atoms with Gasteiger partial charge in [-0.25, -0.2) is 0 Å². The summed E-state index contributed by atoms with van der Waals surface area (Å²) in [5.74, 6) is 0. The normalized spacial score (nSPS) is 19.8.